The molecule has 4 heteroatoms. The van der Waals surface area contributed by atoms with E-state index in [1.165, 1.54) is 25.7 Å². The molecule has 0 aliphatic carbocycles. The second kappa shape index (κ2) is 5.92. The highest BCUT2D eigenvalue weighted by Crippen LogP contribution is 2.39. The third kappa shape index (κ3) is 2.67. The molecule has 0 amide bonds. The standard InChI is InChI=1S/C16H22ClNO2/c1-11-8-12(17)9-13-15(19)14(10-20-16(11)13)18-6-4-2-3-5-7-18/h8-9,14-15,19H,2-7,10H2,1H3. The van der Waals surface area contributed by atoms with Crippen molar-refractivity contribution in [2.75, 3.05) is 19.7 Å². The predicted molar refractivity (Wildman–Crippen MR) is 80.5 cm³/mol. The van der Waals surface area contributed by atoms with Gasteiger partial charge in [-0.3, -0.25) is 4.90 Å². The number of nitrogens with zero attached hydrogens (tertiary/aromatic N) is 1. The van der Waals surface area contributed by atoms with Crippen LogP contribution in [0.1, 0.15) is 42.9 Å². The molecular formula is C16H22ClNO2. The van der Waals surface area contributed by atoms with Crippen molar-refractivity contribution in [2.45, 2.75) is 44.8 Å². The molecule has 20 heavy (non-hydrogen) atoms. The van der Waals surface area contributed by atoms with Crippen molar-refractivity contribution >= 4 is 11.6 Å². The molecule has 2 unspecified atom stereocenters. The fraction of sp³-hybridized carbons (Fsp3) is 0.625. The highest BCUT2D eigenvalue weighted by Gasteiger charge is 2.34. The quantitative estimate of drug-likeness (QED) is 0.863. The lowest BCUT2D eigenvalue weighted by atomic mass is 9.95. The summed E-state index contributed by atoms with van der Waals surface area (Å²) < 4.78 is 5.93. The molecule has 2 aliphatic rings. The maximum absolute atomic E-state index is 10.7. The number of likely N-dealkylation sites (tertiary alicyclic amines) is 1. The first-order chi connectivity index (χ1) is 9.66. The van der Waals surface area contributed by atoms with Crippen LogP contribution < -0.4 is 4.74 Å². The molecule has 3 nitrogen and oxygen atoms in total. The van der Waals surface area contributed by atoms with Gasteiger partial charge in [0.2, 0.25) is 0 Å². The lowest BCUT2D eigenvalue weighted by Gasteiger charge is -2.38. The average molecular weight is 296 g/mol. The molecule has 0 aromatic heterocycles. The number of aliphatic hydroxyl groups excluding tert-OH is 1. The van der Waals surface area contributed by atoms with Gasteiger partial charge in [-0.15, -0.1) is 0 Å². The maximum atomic E-state index is 10.7. The van der Waals surface area contributed by atoms with Crippen LogP contribution in [0.3, 0.4) is 0 Å². The summed E-state index contributed by atoms with van der Waals surface area (Å²) >= 11 is 6.13. The molecule has 2 atom stereocenters. The van der Waals surface area contributed by atoms with E-state index in [1.54, 1.807) is 0 Å². The second-order valence-electron chi connectivity index (χ2n) is 5.91. The van der Waals surface area contributed by atoms with Gasteiger partial charge in [0.1, 0.15) is 18.5 Å². The summed E-state index contributed by atoms with van der Waals surface area (Å²) in [6.45, 7) is 4.65. The normalized spacial score (nSPS) is 27.6. The number of hydrogen-bond donors (Lipinski definition) is 1. The molecule has 110 valence electrons. The van der Waals surface area contributed by atoms with E-state index in [1.807, 2.05) is 19.1 Å². The lowest BCUT2D eigenvalue weighted by molar-refractivity contribution is 0.00454. The van der Waals surface area contributed by atoms with Crippen molar-refractivity contribution in [3.8, 4) is 5.75 Å². The van der Waals surface area contributed by atoms with Gasteiger partial charge in [0.05, 0.1) is 6.04 Å². The van der Waals surface area contributed by atoms with Gasteiger partial charge in [0, 0.05) is 10.6 Å². The van der Waals surface area contributed by atoms with Crippen LogP contribution >= 0.6 is 11.6 Å². The number of aryl methyl sites for hydroxylation is 1. The molecule has 1 N–H and O–H groups in total. The molecule has 0 spiro atoms. The second-order valence-corrected chi connectivity index (χ2v) is 6.35. The maximum Gasteiger partial charge on any atom is 0.128 e. The van der Waals surface area contributed by atoms with Crippen LogP contribution in [0, 0.1) is 6.92 Å². The summed E-state index contributed by atoms with van der Waals surface area (Å²) in [6.07, 6.45) is 4.51. The van der Waals surface area contributed by atoms with Gasteiger partial charge in [-0.2, -0.15) is 0 Å². The summed E-state index contributed by atoms with van der Waals surface area (Å²) in [4.78, 5) is 2.39. The molecule has 1 saturated heterocycles. The summed E-state index contributed by atoms with van der Waals surface area (Å²) in [5, 5.41) is 11.4. The van der Waals surface area contributed by atoms with Gasteiger partial charge in [0.25, 0.3) is 0 Å². The Bertz CT molecular complexity index is 484. The van der Waals surface area contributed by atoms with Crippen molar-refractivity contribution in [1.82, 2.24) is 4.90 Å². The van der Waals surface area contributed by atoms with Gasteiger partial charge in [-0.05, 0) is 50.6 Å². The molecule has 3 rings (SSSR count). The highest BCUT2D eigenvalue weighted by atomic mass is 35.5. The number of ether oxygens (including phenoxy) is 1. The Hall–Kier alpha value is -0.770. The van der Waals surface area contributed by atoms with Crippen LogP contribution in [-0.4, -0.2) is 35.7 Å². The molecule has 0 saturated carbocycles. The third-order valence-electron chi connectivity index (χ3n) is 4.46. The van der Waals surface area contributed by atoms with E-state index in [0.29, 0.717) is 11.6 Å². The van der Waals surface area contributed by atoms with E-state index in [4.69, 9.17) is 16.3 Å². The summed E-state index contributed by atoms with van der Waals surface area (Å²) in [5.74, 6) is 0.813. The molecular weight excluding hydrogens is 274 g/mol. The average Bonchev–Trinajstić information content (AvgIpc) is 2.69. The monoisotopic (exact) mass is 295 g/mol. The van der Waals surface area contributed by atoms with E-state index in [2.05, 4.69) is 4.90 Å². The molecule has 0 bridgehead atoms. The van der Waals surface area contributed by atoms with Gasteiger partial charge in [-0.25, -0.2) is 0 Å². The summed E-state index contributed by atoms with van der Waals surface area (Å²) in [5.41, 5.74) is 1.84. The Balaban J connectivity index is 1.86. The number of hydrogen-bond acceptors (Lipinski definition) is 3. The Morgan fingerprint density at radius 3 is 2.60 bits per heavy atom. The van der Waals surface area contributed by atoms with Crippen molar-refractivity contribution < 1.29 is 9.84 Å². The van der Waals surface area contributed by atoms with Crippen LogP contribution in [0.25, 0.3) is 0 Å². The minimum absolute atomic E-state index is 0.0541. The fourth-order valence-corrected chi connectivity index (χ4v) is 3.65. The predicted octanol–water partition coefficient (Wildman–Crippen LogP) is 3.32. The fourth-order valence-electron chi connectivity index (χ4n) is 3.37. The minimum Gasteiger partial charge on any atom is -0.491 e. The van der Waals surface area contributed by atoms with Crippen LogP contribution in [0.5, 0.6) is 5.75 Å². The summed E-state index contributed by atoms with van der Waals surface area (Å²) in [7, 11) is 0. The Morgan fingerprint density at radius 2 is 1.90 bits per heavy atom. The van der Waals surface area contributed by atoms with Crippen molar-refractivity contribution in [1.29, 1.82) is 0 Å². The van der Waals surface area contributed by atoms with Gasteiger partial charge in [0.15, 0.2) is 0 Å². The Kier molecular flexibility index (Phi) is 4.20. The molecule has 2 heterocycles. The van der Waals surface area contributed by atoms with Crippen molar-refractivity contribution in [2.24, 2.45) is 0 Å². The number of halogens is 1. The van der Waals surface area contributed by atoms with Crippen LogP contribution in [-0.2, 0) is 0 Å². The van der Waals surface area contributed by atoms with E-state index < -0.39 is 6.10 Å². The van der Waals surface area contributed by atoms with Crippen LogP contribution in [0.15, 0.2) is 12.1 Å². The number of rotatable bonds is 1. The third-order valence-corrected chi connectivity index (χ3v) is 4.68. The Morgan fingerprint density at radius 1 is 1.20 bits per heavy atom. The van der Waals surface area contributed by atoms with Crippen molar-refractivity contribution in [3.05, 3.63) is 28.3 Å². The molecule has 1 fully saturated rings. The number of aliphatic hydroxyl groups is 1. The first-order valence-corrected chi connectivity index (χ1v) is 7.89. The topological polar surface area (TPSA) is 32.7 Å². The van der Waals surface area contributed by atoms with Crippen molar-refractivity contribution in [3.63, 3.8) is 0 Å². The first-order valence-electron chi connectivity index (χ1n) is 7.52. The zero-order valence-electron chi connectivity index (χ0n) is 11.9. The van der Waals surface area contributed by atoms with Gasteiger partial charge >= 0.3 is 0 Å². The molecule has 1 aromatic rings. The van der Waals surface area contributed by atoms with E-state index in [9.17, 15) is 5.11 Å². The van der Waals surface area contributed by atoms with E-state index in [-0.39, 0.29) is 6.04 Å². The number of fused-ring (bicyclic) bond motifs is 1. The molecule has 2 aliphatic heterocycles. The zero-order chi connectivity index (χ0) is 14.1. The molecule has 1 aromatic carbocycles. The largest absolute Gasteiger partial charge is 0.491 e. The summed E-state index contributed by atoms with van der Waals surface area (Å²) in [6, 6.07) is 3.79. The van der Waals surface area contributed by atoms with Crippen LogP contribution in [0.2, 0.25) is 5.02 Å². The number of benzene rings is 1. The highest BCUT2D eigenvalue weighted by molar-refractivity contribution is 6.30. The smallest absolute Gasteiger partial charge is 0.128 e. The van der Waals surface area contributed by atoms with Gasteiger partial charge < -0.3 is 9.84 Å². The minimum atomic E-state index is -0.505. The van der Waals surface area contributed by atoms with E-state index in [0.717, 1.165) is 30.0 Å². The Labute approximate surface area is 125 Å². The van der Waals surface area contributed by atoms with Crippen LogP contribution in [0.4, 0.5) is 0 Å². The zero-order valence-corrected chi connectivity index (χ0v) is 12.7. The first kappa shape index (κ1) is 14.2. The SMILES string of the molecule is Cc1cc(Cl)cc2c1OCC(N1CCCCCC1)C2O. The molecule has 0 radical (unpaired) electrons. The lowest BCUT2D eigenvalue weighted by Crippen LogP contribution is -2.46. The van der Waals surface area contributed by atoms with E-state index >= 15 is 0 Å². The van der Waals surface area contributed by atoms with Gasteiger partial charge in [-0.1, -0.05) is 24.4 Å².